The SMILES string of the molecule is Cc1oc(C)c(C(=O)N2CCN(S(=O)(=O)c3ccc(F)c(F)c3)CC2)c1C. The average Bonchev–Trinajstić information content (AvgIpc) is 2.89. The van der Waals surface area contributed by atoms with Crippen molar-refractivity contribution in [2.24, 2.45) is 0 Å². The zero-order chi connectivity index (χ0) is 19.9. The number of amides is 1. The molecule has 2 aromatic rings. The predicted molar refractivity (Wildman–Crippen MR) is 93.9 cm³/mol. The van der Waals surface area contributed by atoms with Gasteiger partial charge in [0.15, 0.2) is 11.6 Å². The van der Waals surface area contributed by atoms with Crippen molar-refractivity contribution in [1.82, 2.24) is 9.21 Å². The van der Waals surface area contributed by atoms with Crippen LogP contribution in [-0.2, 0) is 10.0 Å². The molecule has 1 fully saturated rings. The number of carbonyl (C=O) groups is 1. The molecule has 0 aliphatic carbocycles. The lowest BCUT2D eigenvalue weighted by Gasteiger charge is -2.34. The van der Waals surface area contributed by atoms with Gasteiger partial charge in [-0.2, -0.15) is 4.31 Å². The van der Waals surface area contributed by atoms with E-state index in [0.29, 0.717) is 23.2 Å². The van der Waals surface area contributed by atoms with Crippen LogP contribution < -0.4 is 0 Å². The highest BCUT2D eigenvalue weighted by Crippen LogP contribution is 2.24. The van der Waals surface area contributed by atoms with E-state index in [1.54, 1.807) is 18.7 Å². The van der Waals surface area contributed by atoms with Gasteiger partial charge in [-0.15, -0.1) is 0 Å². The van der Waals surface area contributed by atoms with Gasteiger partial charge in [0.25, 0.3) is 5.91 Å². The van der Waals surface area contributed by atoms with Gasteiger partial charge >= 0.3 is 0 Å². The van der Waals surface area contributed by atoms with Gasteiger partial charge in [0, 0.05) is 31.7 Å². The minimum atomic E-state index is -3.96. The van der Waals surface area contributed by atoms with E-state index in [4.69, 9.17) is 4.42 Å². The molecule has 0 saturated carbocycles. The Morgan fingerprint density at radius 3 is 2.15 bits per heavy atom. The summed E-state index contributed by atoms with van der Waals surface area (Å²) < 4.78 is 58.4. The molecule has 3 rings (SSSR count). The van der Waals surface area contributed by atoms with Crippen molar-refractivity contribution in [2.45, 2.75) is 25.7 Å². The minimum Gasteiger partial charge on any atom is -0.466 e. The first-order valence-corrected chi connectivity index (χ1v) is 9.88. The summed E-state index contributed by atoms with van der Waals surface area (Å²) in [6, 6.07) is 2.49. The highest BCUT2D eigenvalue weighted by atomic mass is 32.2. The van der Waals surface area contributed by atoms with Gasteiger partial charge in [-0.1, -0.05) is 0 Å². The van der Waals surface area contributed by atoms with E-state index in [2.05, 4.69) is 0 Å². The molecule has 0 bridgehead atoms. The summed E-state index contributed by atoms with van der Waals surface area (Å²) in [5.41, 5.74) is 1.28. The highest BCUT2D eigenvalue weighted by Gasteiger charge is 2.32. The summed E-state index contributed by atoms with van der Waals surface area (Å²) >= 11 is 0. The largest absolute Gasteiger partial charge is 0.466 e. The minimum absolute atomic E-state index is 0.0714. The van der Waals surface area contributed by atoms with Crippen LogP contribution in [-0.4, -0.2) is 49.7 Å². The number of hydrogen-bond acceptors (Lipinski definition) is 4. The van der Waals surface area contributed by atoms with Gasteiger partial charge in [-0.05, 0) is 39.0 Å². The molecular weight excluding hydrogens is 378 g/mol. The Morgan fingerprint density at radius 2 is 1.63 bits per heavy atom. The lowest BCUT2D eigenvalue weighted by molar-refractivity contribution is 0.0695. The number of carbonyl (C=O) groups excluding carboxylic acids is 1. The van der Waals surface area contributed by atoms with Crippen molar-refractivity contribution in [3.8, 4) is 0 Å². The van der Waals surface area contributed by atoms with Crippen LogP contribution in [0, 0.1) is 32.4 Å². The molecule has 0 atom stereocenters. The molecule has 1 aromatic heterocycles. The van der Waals surface area contributed by atoms with Crippen LogP contribution in [0.3, 0.4) is 0 Å². The number of aryl methyl sites for hydroxylation is 2. The van der Waals surface area contributed by atoms with E-state index in [9.17, 15) is 22.0 Å². The third kappa shape index (κ3) is 3.49. The second kappa shape index (κ2) is 7.05. The van der Waals surface area contributed by atoms with E-state index in [0.717, 1.165) is 17.7 Å². The maximum Gasteiger partial charge on any atom is 0.257 e. The first-order valence-electron chi connectivity index (χ1n) is 8.44. The molecule has 1 aliphatic heterocycles. The standard InChI is InChI=1S/C18H20F2N2O4S/c1-11-12(2)26-13(3)17(11)18(23)21-6-8-22(9-7-21)27(24,25)14-4-5-15(19)16(20)10-14/h4-5,10H,6-9H2,1-3H3. The van der Waals surface area contributed by atoms with Crippen LogP contribution in [0.2, 0.25) is 0 Å². The van der Waals surface area contributed by atoms with Gasteiger partial charge < -0.3 is 9.32 Å². The molecule has 1 aliphatic rings. The fourth-order valence-corrected chi connectivity index (χ4v) is 4.62. The zero-order valence-corrected chi connectivity index (χ0v) is 16.1. The number of halogens is 2. The third-order valence-electron chi connectivity index (χ3n) is 4.83. The monoisotopic (exact) mass is 398 g/mol. The number of nitrogens with zero attached hydrogens (tertiary/aromatic N) is 2. The second-order valence-electron chi connectivity index (χ2n) is 6.49. The second-order valence-corrected chi connectivity index (χ2v) is 8.42. The van der Waals surface area contributed by atoms with Crippen molar-refractivity contribution >= 4 is 15.9 Å². The van der Waals surface area contributed by atoms with Gasteiger partial charge in [0.05, 0.1) is 10.5 Å². The molecule has 1 aromatic carbocycles. The topological polar surface area (TPSA) is 70.8 Å². The molecule has 1 saturated heterocycles. The number of sulfonamides is 1. The van der Waals surface area contributed by atoms with E-state index < -0.39 is 21.7 Å². The summed E-state index contributed by atoms with van der Waals surface area (Å²) in [6.07, 6.45) is 0. The van der Waals surface area contributed by atoms with Crippen molar-refractivity contribution < 1.29 is 26.4 Å². The normalized spacial score (nSPS) is 16.0. The first kappa shape index (κ1) is 19.5. The summed E-state index contributed by atoms with van der Waals surface area (Å²) in [6.45, 7) is 5.85. The summed E-state index contributed by atoms with van der Waals surface area (Å²) in [7, 11) is -3.96. The van der Waals surface area contributed by atoms with Crippen LogP contribution >= 0.6 is 0 Å². The molecule has 0 N–H and O–H groups in total. The lowest BCUT2D eigenvalue weighted by Crippen LogP contribution is -2.50. The molecule has 146 valence electrons. The molecule has 1 amide bonds. The molecule has 27 heavy (non-hydrogen) atoms. The molecule has 0 unspecified atom stereocenters. The van der Waals surface area contributed by atoms with Crippen LogP contribution in [0.25, 0.3) is 0 Å². The van der Waals surface area contributed by atoms with Crippen molar-refractivity contribution in [3.63, 3.8) is 0 Å². The van der Waals surface area contributed by atoms with E-state index in [1.807, 2.05) is 6.92 Å². The lowest BCUT2D eigenvalue weighted by atomic mass is 10.1. The van der Waals surface area contributed by atoms with Gasteiger partial charge in [0.2, 0.25) is 10.0 Å². The molecule has 2 heterocycles. The maximum absolute atomic E-state index is 13.4. The van der Waals surface area contributed by atoms with Crippen molar-refractivity contribution in [3.05, 3.63) is 52.5 Å². The summed E-state index contributed by atoms with van der Waals surface area (Å²) in [5.74, 6) is -1.31. The quantitative estimate of drug-likeness (QED) is 0.797. The Kier molecular flexibility index (Phi) is 5.09. The van der Waals surface area contributed by atoms with E-state index >= 15 is 0 Å². The number of furan rings is 1. The maximum atomic E-state index is 13.4. The Labute approximate surface area is 156 Å². The Bertz CT molecular complexity index is 993. The van der Waals surface area contributed by atoms with Gasteiger partial charge in [-0.3, -0.25) is 4.79 Å². The van der Waals surface area contributed by atoms with E-state index in [1.165, 1.54) is 4.31 Å². The fraction of sp³-hybridized carbons (Fsp3) is 0.389. The molecule has 9 heteroatoms. The van der Waals surface area contributed by atoms with Crippen LogP contribution in [0.5, 0.6) is 0 Å². The molecular formula is C18H20F2N2O4S. The average molecular weight is 398 g/mol. The third-order valence-corrected chi connectivity index (χ3v) is 6.72. The van der Waals surface area contributed by atoms with Crippen molar-refractivity contribution in [1.29, 1.82) is 0 Å². The summed E-state index contributed by atoms with van der Waals surface area (Å²) in [4.78, 5) is 14.0. The Morgan fingerprint density at radius 1 is 1.00 bits per heavy atom. The molecule has 0 spiro atoms. The highest BCUT2D eigenvalue weighted by molar-refractivity contribution is 7.89. The van der Waals surface area contributed by atoms with Gasteiger partial charge in [0.1, 0.15) is 11.5 Å². The number of rotatable bonds is 3. The summed E-state index contributed by atoms with van der Waals surface area (Å²) in [5, 5.41) is 0. The van der Waals surface area contributed by atoms with Gasteiger partial charge in [-0.25, -0.2) is 17.2 Å². The predicted octanol–water partition coefficient (Wildman–Crippen LogP) is 2.63. The van der Waals surface area contributed by atoms with E-state index in [-0.39, 0.29) is 37.0 Å². The Hall–Kier alpha value is -2.26. The Balaban J connectivity index is 1.74. The molecule has 6 nitrogen and oxygen atoms in total. The zero-order valence-electron chi connectivity index (χ0n) is 15.3. The molecule has 0 radical (unpaired) electrons. The number of hydrogen-bond donors (Lipinski definition) is 0. The first-order chi connectivity index (χ1) is 12.6. The van der Waals surface area contributed by atoms with Crippen LogP contribution in [0.1, 0.15) is 27.4 Å². The van der Waals surface area contributed by atoms with Crippen molar-refractivity contribution in [2.75, 3.05) is 26.2 Å². The van der Waals surface area contributed by atoms with Crippen LogP contribution in [0.15, 0.2) is 27.5 Å². The van der Waals surface area contributed by atoms with Crippen LogP contribution in [0.4, 0.5) is 8.78 Å². The smallest absolute Gasteiger partial charge is 0.257 e. The number of piperazine rings is 1. The fourth-order valence-electron chi connectivity index (χ4n) is 3.18. The number of benzene rings is 1.